The third-order valence-electron chi connectivity index (χ3n) is 3.63. The normalized spacial score (nSPS) is 12.3. The van der Waals surface area contributed by atoms with Crippen LogP contribution in [0.15, 0.2) is 34.2 Å². The zero-order valence-electron chi connectivity index (χ0n) is 14.1. The lowest BCUT2D eigenvalue weighted by molar-refractivity contribution is -0.127. The van der Waals surface area contributed by atoms with Gasteiger partial charge in [0.1, 0.15) is 0 Å². The van der Waals surface area contributed by atoms with Gasteiger partial charge in [-0.1, -0.05) is 37.2 Å². The largest absolute Gasteiger partial charge is 0.348 e. The summed E-state index contributed by atoms with van der Waals surface area (Å²) >= 11 is 1.35. The highest BCUT2D eigenvalue weighted by molar-refractivity contribution is 8.00. The average Bonchev–Trinajstić information content (AvgIpc) is 2.53. The van der Waals surface area contributed by atoms with Crippen LogP contribution in [0.2, 0.25) is 0 Å². The fourth-order valence-corrected chi connectivity index (χ4v) is 3.40. The van der Waals surface area contributed by atoms with Crippen LogP contribution in [0.3, 0.4) is 0 Å². The molecule has 1 amide bonds. The third kappa shape index (κ3) is 3.93. The van der Waals surface area contributed by atoms with Gasteiger partial charge >= 0.3 is 0 Å². The molecule has 124 valence electrons. The number of fused-ring (bicyclic) bond motifs is 1. The van der Waals surface area contributed by atoms with E-state index in [1.165, 1.54) is 11.8 Å². The Labute approximate surface area is 140 Å². The van der Waals surface area contributed by atoms with Gasteiger partial charge < -0.3 is 4.90 Å². The molecule has 0 saturated heterocycles. The second-order valence-electron chi connectivity index (χ2n) is 5.71. The second kappa shape index (κ2) is 7.64. The number of hydrogen-bond donors (Lipinski definition) is 0. The van der Waals surface area contributed by atoms with E-state index >= 15 is 0 Å². The van der Waals surface area contributed by atoms with Crippen molar-refractivity contribution < 1.29 is 4.79 Å². The lowest BCUT2D eigenvalue weighted by atomic mass is 10.2. The third-order valence-corrected chi connectivity index (χ3v) is 4.71. The lowest BCUT2D eigenvalue weighted by Gasteiger charge is -2.18. The minimum Gasteiger partial charge on any atom is -0.348 e. The van der Waals surface area contributed by atoms with Crippen LogP contribution in [0.4, 0.5) is 0 Å². The number of carbonyl (C=O) groups excluding carboxylic acids is 1. The number of aromatic nitrogens is 2. The summed E-state index contributed by atoms with van der Waals surface area (Å²) in [5, 5.41) is 0.954. The highest BCUT2D eigenvalue weighted by Crippen LogP contribution is 2.23. The minimum absolute atomic E-state index is 0.0134. The minimum atomic E-state index is -0.286. The number of nitrogens with zero attached hydrogens (tertiary/aromatic N) is 3. The summed E-state index contributed by atoms with van der Waals surface area (Å²) in [4.78, 5) is 31.1. The molecular formula is C17H23N3O2S. The number of thioether (sulfide) groups is 1. The highest BCUT2D eigenvalue weighted by Gasteiger charge is 2.20. The summed E-state index contributed by atoms with van der Waals surface area (Å²) in [6.45, 7) is 4.56. The molecule has 0 radical (unpaired) electrons. The van der Waals surface area contributed by atoms with Gasteiger partial charge in [-0.2, -0.15) is 0 Å². The average molecular weight is 333 g/mol. The van der Waals surface area contributed by atoms with Crippen molar-refractivity contribution in [2.75, 3.05) is 14.1 Å². The van der Waals surface area contributed by atoms with Crippen molar-refractivity contribution in [3.63, 3.8) is 0 Å². The molecule has 0 saturated carbocycles. The summed E-state index contributed by atoms with van der Waals surface area (Å²) in [7, 11) is 3.47. The number of carbonyl (C=O) groups is 1. The molecule has 5 nitrogen and oxygen atoms in total. The molecule has 0 aliphatic rings. The van der Waals surface area contributed by atoms with Crippen LogP contribution in [-0.4, -0.2) is 39.7 Å². The Balaban J connectivity index is 2.47. The van der Waals surface area contributed by atoms with Gasteiger partial charge in [-0.3, -0.25) is 14.2 Å². The molecule has 1 aromatic heterocycles. The van der Waals surface area contributed by atoms with Gasteiger partial charge in [0.15, 0.2) is 5.16 Å². The number of rotatable bonds is 6. The van der Waals surface area contributed by atoms with Crippen molar-refractivity contribution in [2.24, 2.45) is 0 Å². The van der Waals surface area contributed by atoms with E-state index in [0.29, 0.717) is 22.6 Å². The van der Waals surface area contributed by atoms with Crippen LogP contribution in [0.5, 0.6) is 0 Å². The van der Waals surface area contributed by atoms with Crippen molar-refractivity contribution in [1.82, 2.24) is 14.5 Å². The molecule has 0 bridgehead atoms. The van der Waals surface area contributed by atoms with Crippen molar-refractivity contribution in [1.29, 1.82) is 0 Å². The van der Waals surface area contributed by atoms with Gasteiger partial charge in [0.2, 0.25) is 5.91 Å². The highest BCUT2D eigenvalue weighted by atomic mass is 32.2. The molecular weight excluding hydrogens is 310 g/mol. The molecule has 0 aliphatic heterocycles. The van der Waals surface area contributed by atoms with Crippen molar-refractivity contribution in [3.8, 4) is 0 Å². The van der Waals surface area contributed by atoms with Gasteiger partial charge in [-0.05, 0) is 25.5 Å². The Hall–Kier alpha value is -1.82. The lowest BCUT2D eigenvalue weighted by Crippen LogP contribution is -2.31. The fourth-order valence-electron chi connectivity index (χ4n) is 2.32. The second-order valence-corrected chi connectivity index (χ2v) is 7.02. The number of para-hydroxylation sites is 1. The van der Waals surface area contributed by atoms with Crippen LogP contribution in [0.25, 0.3) is 10.9 Å². The van der Waals surface area contributed by atoms with Crippen LogP contribution in [-0.2, 0) is 11.3 Å². The van der Waals surface area contributed by atoms with Crippen molar-refractivity contribution in [3.05, 3.63) is 34.6 Å². The Kier molecular flexibility index (Phi) is 5.82. The van der Waals surface area contributed by atoms with E-state index in [1.807, 2.05) is 25.1 Å². The molecule has 23 heavy (non-hydrogen) atoms. The summed E-state index contributed by atoms with van der Waals surface area (Å²) in [6.07, 6.45) is 1.90. The molecule has 0 fully saturated rings. The molecule has 1 aromatic carbocycles. The van der Waals surface area contributed by atoms with Crippen molar-refractivity contribution >= 4 is 28.6 Å². The van der Waals surface area contributed by atoms with Gasteiger partial charge in [0, 0.05) is 20.6 Å². The monoisotopic (exact) mass is 333 g/mol. The molecule has 0 aliphatic carbocycles. The van der Waals surface area contributed by atoms with E-state index in [4.69, 9.17) is 0 Å². The van der Waals surface area contributed by atoms with E-state index in [9.17, 15) is 9.59 Å². The smallest absolute Gasteiger partial charge is 0.262 e. The predicted molar refractivity (Wildman–Crippen MR) is 94.9 cm³/mol. The van der Waals surface area contributed by atoms with E-state index in [2.05, 4.69) is 11.9 Å². The van der Waals surface area contributed by atoms with Gasteiger partial charge in [0.05, 0.1) is 16.2 Å². The molecule has 2 rings (SSSR count). The Morgan fingerprint density at radius 2 is 2.04 bits per heavy atom. The summed E-state index contributed by atoms with van der Waals surface area (Å²) in [5.41, 5.74) is 0.647. The number of unbranched alkanes of at least 4 members (excludes halogenated alkanes) is 1. The topological polar surface area (TPSA) is 55.2 Å². The van der Waals surface area contributed by atoms with Crippen LogP contribution >= 0.6 is 11.8 Å². The zero-order valence-corrected chi connectivity index (χ0v) is 14.9. The summed E-state index contributed by atoms with van der Waals surface area (Å²) < 4.78 is 1.70. The first-order chi connectivity index (χ1) is 11.0. The molecule has 1 heterocycles. The number of amides is 1. The molecule has 0 spiro atoms. The Morgan fingerprint density at radius 1 is 1.35 bits per heavy atom. The van der Waals surface area contributed by atoms with Crippen molar-refractivity contribution in [2.45, 2.75) is 43.6 Å². The molecule has 6 heteroatoms. The van der Waals surface area contributed by atoms with Gasteiger partial charge in [-0.15, -0.1) is 0 Å². The van der Waals surface area contributed by atoms with E-state index in [-0.39, 0.29) is 16.7 Å². The maximum absolute atomic E-state index is 12.8. The fraction of sp³-hybridized carbons (Fsp3) is 0.471. The SMILES string of the molecule is CCCCn1c(S[C@@H](C)C(=O)N(C)C)nc2ccccc2c1=O. The molecule has 0 N–H and O–H groups in total. The maximum Gasteiger partial charge on any atom is 0.262 e. The Bertz CT molecular complexity index is 755. The number of hydrogen-bond acceptors (Lipinski definition) is 4. The molecule has 0 unspecified atom stereocenters. The van der Waals surface area contributed by atoms with Crippen LogP contribution < -0.4 is 5.56 Å². The molecule has 2 aromatic rings. The van der Waals surface area contributed by atoms with Crippen LogP contribution in [0, 0.1) is 0 Å². The first-order valence-corrected chi connectivity index (χ1v) is 8.71. The first-order valence-electron chi connectivity index (χ1n) is 7.83. The number of benzene rings is 1. The summed E-state index contributed by atoms with van der Waals surface area (Å²) in [5.74, 6) is 0.0134. The zero-order chi connectivity index (χ0) is 17.0. The van der Waals surface area contributed by atoms with E-state index < -0.39 is 0 Å². The maximum atomic E-state index is 12.8. The van der Waals surface area contributed by atoms with E-state index in [1.54, 1.807) is 29.6 Å². The van der Waals surface area contributed by atoms with E-state index in [0.717, 1.165) is 12.8 Å². The Morgan fingerprint density at radius 3 is 2.70 bits per heavy atom. The quantitative estimate of drug-likeness (QED) is 0.602. The first kappa shape index (κ1) is 17.5. The van der Waals surface area contributed by atoms with Crippen LogP contribution in [0.1, 0.15) is 26.7 Å². The van der Waals surface area contributed by atoms with Gasteiger partial charge in [-0.25, -0.2) is 4.98 Å². The standard InChI is InChI=1S/C17H23N3O2S/c1-5-6-11-20-16(22)13-9-7-8-10-14(13)18-17(20)23-12(2)15(21)19(3)4/h7-10,12H,5-6,11H2,1-4H3/t12-/m0/s1. The predicted octanol–water partition coefficient (Wildman–Crippen LogP) is 2.77. The molecule has 1 atom stereocenters. The van der Waals surface area contributed by atoms with Gasteiger partial charge in [0.25, 0.3) is 5.56 Å². The summed E-state index contributed by atoms with van der Waals surface area (Å²) in [6, 6.07) is 7.36.